The minimum Gasteiger partial charge on any atom is -0.368 e. The van der Waals surface area contributed by atoms with E-state index in [1.165, 1.54) is 31.2 Å². The molecule has 0 spiro atoms. The van der Waals surface area contributed by atoms with Gasteiger partial charge in [-0.2, -0.15) is 0 Å². The van der Waals surface area contributed by atoms with Gasteiger partial charge in [0.2, 0.25) is 5.91 Å². The minimum atomic E-state index is -0.376. The molecule has 1 amide bonds. The lowest BCUT2D eigenvalue weighted by Crippen LogP contribution is -2.42. The zero-order valence-corrected chi connectivity index (χ0v) is 14.3. The third kappa shape index (κ3) is 2.65. The quantitative estimate of drug-likeness (QED) is 0.906. The Balaban J connectivity index is 1.47. The van der Waals surface area contributed by atoms with Gasteiger partial charge in [-0.05, 0) is 43.2 Å². The van der Waals surface area contributed by atoms with Crippen LogP contribution < -0.4 is 5.73 Å². The molecule has 130 valence electrons. The fourth-order valence-electron chi connectivity index (χ4n) is 4.10. The highest BCUT2D eigenvalue weighted by molar-refractivity contribution is 5.82. The molecule has 2 aliphatic carbocycles. The lowest BCUT2D eigenvalue weighted by molar-refractivity contribution is -0.124. The number of rotatable bonds is 5. The van der Waals surface area contributed by atoms with Gasteiger partial charge in [0.25, 0.3) is 0 Å². The van der Waals surface area contributed by atoms with Gasteiger partial charge in [0, 0.05) is 18.5 Å². The van der Waals surface area contributed by atoms with Crippen LogP contribution in [0.4, 0.5) is 0 Å². The van der Waals surface area contributed by atoms with Crippen LogP contribution in [0.3, 0.4) is 0 Å². The van der Waals surface area contributed by atoms with Crippen molar-refractivity contribution in [1.29, 1.82) is 0 Å². The molecule has 1 unspecified atom stereocenters. The van der Waals surface area contributed by atoms with E-state index in [0.29, 0.717) is 18.5 Å². The summed E-state index contributed by atoms with van der Waals surface area (Å²) < 4.78 is 2.36. The van der Waals surface area contributed by atoms with Crippen molar-refractivity contribution in [1.82, 2.24) is 19.7 Å². The molecule has 1 aromatic heterocycles. The van der Waals surface area contributed by atoms with Gasteiger partial charge in [0.1, 0.15) is 17.7 Å². The van der Waals surface area contributed by atoms with E-state index in [1.54, 1.807) is 0 Å². The van der Waals surface area contributed by atoms with Crippen LogP contribution >= 0.6 is 0 Å². The molecule has 1 aliphatic heterocycles. The van der Waals surface area contributed by atoms with Gasteiger partial charge in [-0.1, -0.05) is 24.3 Å². The SMILES string of the molecule is NC(=O)C1c2ccccc2CCN1Cc1nnc(C2CC2)n1C1CC1. The molecule has 0 saturated heterocycles. The second-order valence-corrected chi connectivity index (χ2v) is 7.57. The molecule has 1 atom stereocenters. The van der Waals surface area contributed by atoms with E-state index >= 15 is 0 Å². The Hall–Kier alpha value is -2.21. The number of benzene rings is 1. The van der Waals surface area contributed by atoms with Gasteiger partial charge < -0.3 is 10.3 Å². The van der Waals surface area contributed by atoms with Crippen molar-refractivity contribution in [2.45, 2.75) is 56.7 Å². The normalized spacial score (nSPS) is 23.4. The molecule has 2 aromatic rings. The summed E-state index contributed by atoms with van der Waals surface area (Å²) in [6.07, 6.45) is 5.82. The lowest BCUT2D eigenvalue weighted by atomic mass is 9.92. The first-order valence-electron chi connectivity index (χ1n) is 9.27. The standard InChI is InChI=1S/C19H23N5O/c20-18(25)17-15-4-2-1-3-12(15)9-10-23(17)11-16-21-22-19(13-5-6-13)24(16)14-7-8-14/h1-4,13-14,17H,5-11H2,(H2,20,25). The summed E-state index contributed by atoms with van der Waals surface area (Å²) in [5.74, 6) is 2.46. The Bertz CT molecular complexity index is 821. The number of fused-ring (bicyclic) bond motifs is 1. The smallest absolute Gasteiger partial charge is 0.239 e. The van der Waals surface area contributed by atoms with Crippen molar-refractivity contribution in [2.24, 2.45) is 5.73 Å². The molecular formula is C19H23N5O. The predicted octanol–water partition coefficient (Wildman–Crippen LogP) is 2.08. The largest absolute Gasteiger partial charge is 0.368 e. The monoisotopic (exact) mass is 337 g/mol. The van der Waals surface area contributed by atoms with Crippen LogP contribution in [0, 0.1) is 0 Å². The minimum absolute atomic E-state index is 0.285. The molecule has 0 bridgehead atoms. The van der Waals surface area contributed by atoms with E-state index < -0.39 is 0 Å². The first kappa shape index (κ1) is 15.1. The first-order chi connectivity index (χ1) is 12.2. The number of nitrogens with two attached hydrogens (primary N) is 1. The number of primary amides is 1. The van der Waals surface area contributed by atoms with Gasteiger partial charge in [-0.15, -0.1) is 10.2 Å². The van der Waals surface area contributed by atoms with Gasteiger partial charge in [0.15, 0.2) is 0 Å². The third-order valence-corrected chi connectivity index (χ3v) is 5.64. The molecule has 2 heterocycles. The van der Waals surface area contributed by atoms with E-state index in [-0.39, 0.29) is 11.9 Å². The van der Waals surface area contributed by atoms with Crippen LogP contribution in [0.1, 0.15) is 66.5 Å². The number of hydrogen-bond acceptors (Lipinski definition) is 4. The summed E-state index contributed by atoms with van der Waals surface area (Å²) in [6, 6.07) is 8.32. The van der Waals surface area contributed by atoms with E-state index in [4.69, 9.17) is 5.73 Å². The van der Waals surface area contributed by atoms with Crippen LogP contribution in [0.5, 0.6) is 0 Å². The molecule has 6 heteroatoms. The van der Waals surface area contributed by atoms with Gasteiger partial charge in [0.05, 0.1) is 6.54 Å². The summed E-state index contributed by atoms with van der Waals surface area (Å²) in [6.45, 7) is 1.46. The molecule has 2 N–H and O–H groups in total. The molecule has 5 rings (SSSR count). The number of amides is 1. The summed E-state index contributed by atoms with van der Waals surface area (Å²) in [4.78, 5) is 14.4. The van der Waals surface area contributed by atoms with Crippen molar-refractivity contribution in [2.75, 3.05) is 6.54 Å². The maximum Gasteiger partial charge on any atom is 0.239 e. The van der Waals surface area contributed by atoms with E-state index in [9.17, 15) is 4.79 Å². The van der Waals surface area contributed by atoms with Crippen molar-refractivity contribution < 1.29 is 4.79 Å². The first-order valence-corrected chi connectivity index (χ1v) is 9.27. The fraction of sp³-hybridized carbons (Fsp3) is 0.526. The van der Waals surface area contributed by atoms with Crippen molar-refractivity contribution >= 4 is 5.91 Å². The number of aromatic nitrogens is 3. The molecule has 6 nitrogen and oxygen atoms in total. The highest BCUT2D eigenvalue weighted by Crippen LogP contribution is 2.45. The maximum absolute atomic E-state index is 12.2. The Morgan fingerprint density at radius 3 is 2.68 bits per heavy atom. The summed E-state index contributed by atoms with van der Waals surface area (Å²) in [7, 11) is 0. The van der Waals surface area contributed by atoms with Gasteiger partial charge in [-0.3, -0.25) is 9.69 Å². The van der Waals surface area contributed by atoms with Gasteiger partial charge >= 0.3 is 0 Å². The zero-order chi connectivity index (χ0) is 17.0. The average Bonchev–Trinajstić information content (AvgIpc) is 3.53. The summed E-state index contributed by atoms with van der Waals surface area (Å²) in [5.41, 5.74) is 8.05. The van der Waals surface area contributed by atoms with Crippen molar-refractivity contribution in [3.05, 3.63) is 47.0 Å². The van der Waals surface area contributed by atoms with E-state index in [1.807, 2.05) is 18.2 Å². The third-order valence-electron chi connectivity index (χ3n) is 5.64. The second-order valence-electron chi connectivity index (χ2n) is 7.57. The molecule has 0 radical (unpaired) electrons. The number of carbonyl (C=O) groups is 1. The Morgan fingerprint density at radius 1 is 1.16 bits per heavy atom. The number of nitrogens with zero attached hydrogens (tertiary/aromatic N) is 4. The molecule has 2 fully saturated rings. The topological polar surface area (TPSA) is 77.0 Å². The van der Waals surface area contributed by atoms with Crippen LogP contribution in [-0.2, 0) is 17.8 Å². The fourth-order valence-corrected chi connectivity index (χ4v) is 4.10. The summed E-state index contributed by atoms with van der Waals surface area (Å²) in [5, 5.41) is 8.99. The Labute approximate surface area is 147 Å². The Morgan fingerprint density at radius 2 is 1.96 bits per heavy atom. The number of carbonyl (C=O) groups excluding carboxylic acids is 1. The number of hydrogen-bond donors (Lipinski definition) is 1. The lowest BCUT2D eigenvalue weighted by Gasteiger charge is -2.35. The van der Waals surface area contributed by atoms with Crippen LogP contribution in [-0.4, -0.2) is 32.1 Å². The van der Waals surface area contributed by atoms with E-state index in [2.05, 4.69) is 25.7 Å². The maximum atomic E-state index is 12.2. The summed E-state index contributed by atoms with van der Waals surface area (Å²) >= 11 is 0. The van der Waals surface area contributed by atoms with Crippen LogP contribution in [0.2, 0.25) is 0 Å². The molecule has 2 saturated carbocycles. The zero-order valence-electron chi connectivity index (χ0n) is 14.3. The van der Waals surface area contributed by atoms with Crippen LogP contribution in [0.15, 0.2) is 24.3 Å². The van der Waals surface area contributed by atoms with Crippen LogP contribution in [0.25, 0.3) is 0 Å². The molecule has 3 aliphatic rings. The van der Waals surface area contributed by atoms with E-state index in [0.717, 1.165) is 30.2 Å². The average molecular weight is 337 g/mol. The van der Waals surface area contributed by atoms with Crippen molar-refractivity contribution in [3.8, 4) is 0 Å². The molecular weight excluding hydrogens is 314 g/mol. The highest BCUT2D eigenvalue weighted by Gasteiger charge is 2.38. The molecule has 1 aromatic carbocycles. The second kappa shape index (κ2) is 5.66. The Kier molecular flexibility index (Phi) is 3.41. The van der Waals surface area contributed by atoms with Crippen molar-refractivity contribution in [3.63, 3.8) is 0 Å². The highest BCUT2D eigenvalue weighted by atomic mass is 16.1. The van der Waals surface area contributed by atoms with Gasteiger partial charge in [-0.25, -0.2) is 0 Å². The molecule has 25 heavy (non-hydrogen) atoms. The predicted molar refractivity (Wildman–Crippen MR) is 92.8 cm³/mol.